The maximum atomic E-state index is 11.8. The van der Waals surface area contributed by atoms with E-state index in [1.807, 2.05) is 0 Å². The van der Waals surface area contributed by atoms with Gasteiger partial charge >= 0.3 is 0 Å². The third-order valence-corrected chi connectivity index (χ3v) is 2.40. The molecule has 0 bridgehead atoms. The van der Waals surface area contributed by atoms with Gasteiger partial charge in [0.25, 0.3) is 0 Å². The van der Waals surface area contributed by atoms with E-state index in [4.69, 9.17) is 9.68 Å². The van der Waals surface area contributed by atoms with Gasteiger partial charge < -0.3 is 9.52 Å². The minimum atomic E-state index is -0.658. The minimum absolute atomic E-state index is 0.0322. The standard InChI is InChI=1S/C12H9NO3/c1-7(14)8-2-3-11-10(4-8)12(15)9(5-13)6-16-11/h2-4,6-7,14H,1H3. The van der Waals surface area contributed by atoms with Crippen LogP contribution in [0, 0.1) is 11.3 Å². The SMILES string of the molecule is CC(O)c1ccc2occ(C#N)c(=O)c2c1. The summed E-state index contributed by atoms with van der Waals surface area (Å²) < 4.78 is 5.15. The summed E-state index contributed by atoms with van der Waals surface area (Å²) in [5.74, 6) is 0. The summed E-state index contributed by atoms with van der Waals surface area (Å²) in [6, 6.07) is 6.61. The van der Waals surface area contributed by atoms with Crippen LogP contribution in [-0.4, -0.2) is 5.11 Å². The number of benzene rings is 1. The van der Waals surface area contributed by atoms with Gasteiger partial charge in [0.2, 0.25) is 5.43 Å². The fourth-order valence-corrected chi connectivity index (χ4v) is 1.49. The summed E-state index contributed by atoms with van der Waals surface area (Å²) >= 11 is 0. The van der Waals surface area contributed by atoms with Crippen molar-refractivity contribution in [3.05, 3.63) is 45.8 Å². The average Bonchev–Trinajstić information content (AvgIpc) is 2.29. The number of nitrogens with zero attached hydrogens (tertiary/aromatic N) is 1. The molecule has 0 aliphatic rings. The van der Waals surface area contributed by atoms with Crippen molar-refractivity contribution in [1.82, 2.24) is 0 Å². The van der Waals surface area contributed by atoms with Crippen LogP contribution in [0.15, 0.2) is 33.7 Å². The van der Waals surface area contributed by atoms with E-state index in [0.717, 1.165) is 6.26 Å². The Morgan fingerprint density at radius 3 is 2.88 bits per heavy atom. The highest BCUT2D eigenvalue weighted by molar-refractivity contribution is 5.78. The summed E-state index contributed by atoms with van der Waals surface area (Å²) in [4.78, 5) is 11.8. The van der Waals surface area contributed by atoms with Crippen molar-refractivity contribution >= 4 is 11.0 Å². The molecule has 80 valence electrons. The van der Waals surface area contributed by atoms with Crippen molar-refractivity contribution in [3.8, 4) is 6.07 Å². The monoisotopic (exact) mass is 215 g/mol. The molecule has 0 saturated heterocycles. The number of rotatable bonds is 1. The topological polar surface area (TPSA) is 74.2 Å². The molecular weight excluding hydrogens is 206 g/mol. The van der Waals surface area contributed by atoms with Crippen LogP contribution in [0.3, 0.4) is 0 Å². The van der Waals surface area contributed by atoms with Gasteiger partial charge in [-0.2, -0.15) is 5.26 Å². The smallest absolute Gasteiger partial charge is 0.210 e. The van der Waals surface area contributed by atoms with E-state index < -0.39 is 6.10 Å². The zero-order valence-corrected chi connectivity index (χ0v) is 8.60. The zero-order chi connectivity index (χ0) is 11.7. The van der Waals surface area contributed by atoms with Crippen molar-refractivity contribution in [2.24, 2.45) is 0 Å². The van der Waals surface area contributed by atoms with Crippen molar-refractivity contribution in [2.75, 3.05) is 0 Å². The second-order valence-corrected chi connectivity index (χ2v) is 3.52. The van der Waals surface area contributed by atoms with Crippen molar-refractivity contribution < 1.29 is 9.52 Å². The largest absolute Gasteiger partial charge is 0.463 e. The highest BCUT2D eigenvalue weighted by Crippen LogP contribution is 2.18. The third kappa shape index (κ3) is 1.58. The van der Waals surface area contributed by atoms with Crippen LogP contribution in [0.25, 0.3) is 11.0 Å². The highest BCUT2D eigenvalue weighted by atomic mass is 16.3. The summed E-state index contributed by atoms with van der Waals surface area (Å²) in [6.45, 7) is 1.61. The molecule has 0 spiro atoms. The molecule has 0 saturated carbocycles. The Bertz CT molecular complexity index is 635. The quantitative estimate of drug-likeness (QED) is 0.785. The van der Waals surface area contributed by atoms with Crippen LogP contribution >= 0.6 is 0 Å². The second-order valence-electron chi connectivity index (χ2n) is 3.52. The molecule has 1 atom stereocenters. The van der Waals surface area contributed by atoms with E-state index in [9.17, 15) is 9.90 Å². The first kappa shape index (κ1) is 10.4. The first-order chi connectivity index (χ1) is 7.63. The minimum Gasteiger partial charge on any atom is -0.463 e. The zero-order valence-electron chi connectivity index (χ0n) is 8.60. The van der Waals surface area contributed by atoms with Crippen LogP contribution in [-0.2, 0) is 0 Å². The van der Waals surface area contributed by atoms with E-state index in [0.29, 0.717) is 16.5 Å². The molecule has 16 heavy (non-hydrogen) atoms. The van der Waals surface area contributed by atoms with Crippen molar-refractivity contribution in [2.45, 2.75) is 13.0 Å². The lowest BCUT2D eigenvalue weighted by molar-refractivity contribution is 0.199. The van der Waals surface area contributed by atoms with Crippen molar-refractivity contribution in [3.63, 3.8) is 0 Å². The number of hydrogen-bond donors (Lipinski definition) is 1. The number of hydrogen-bond acceptors (Lipinski definition) is 4. The molecular formula is C12H9NO3. The van der Waals surface area contributed by atoms with Gasteiger partial charge in [0.05, 0.1) is 11.5 Å². The number of fused-ring (bicyclic) bond motifs is 1. The van der Waals surface area contributed by atoms with Gasteiger partial charge in [-0.05, 0) is 24.6 Å². The van der Waals surface area contributed by atoms with E-state index in [2.05, 4.69) is 0 Å². The maximum Gasteiger partial charge on any atom is 0.210 e. The number of aliphatic hydroxyl groups is 1. The van der Waals surface area contributed by atoms with Crippen LogP contribution in [0.5, 0.6) is 0 Å². The van der Waals surface area contributed by atoms with E-state index in [1.165, 1.54) is 0 Å². The Hall–Kier alpha value is -2.12. The molecule has 1 unspecified atom stereocenters. The van der Waals surface area contributed by atoms with Gasteiger partial charge in [0.1, 0.15) is 23.5 Å². The Morgan fingerprint density at radius 1 is 1.50 bits per heavy atom. The molecule has 1 N–H and O–H groups in total. The molecule has 0 aliphatic heterocycles. The van der Waals surface area contributed by atoms with Gasteiger partial charge in [-0.3, -0.25) is 4.79 Å². The predicted octanol–water partition coefficient (Wildman–Crippen LogP) is 1.72. The van der Waals surface area contributed by atoms with Gasteiger partial charge in [-0.15, -0.1) is 0 Å². The van der Waals surface area contributed by atoms with Gasteiger partial charge in [-0.25, -0.2) is 0 Å². The Kier molecular flexibility index (Phi) is 2.47. The maximum absolute atomic E-state index is 11.8. The lowest BCUT2D eigenvalue weighted by Crippen LogP contribution is -2.06. The molecule has 2 rings (SSSR count). The van der Waals surface area contributed by atoms with Gasteiger partial charge in [-0.1, -0.05) is 6.07 Å². The molecule has 0 amide bonds. The predicted molar refractivity (Wildman–Crippen MR) is 57.8 cm³/mol. The molecule has 0 aliphatic carbocycles. The average molecular weight is 215 g/mol. The molecule has 1 aromatic heterocycles. The van der Waals surface area contributed by atoms with E-state index in [-0.39, 0.29) is 11.0 Å². The van der Waals surface area contributed by atoms with Crippen LogP contribution in [0.4, 0.5) is 0 Å². The highest BCUT2D eigenvalue weighted by Gasteiger charge is 2.08. The fraction of sp³-hybridized carbons (Fsp3) is 0.167. The lowest BCUT2D eigenvalue weighted by Gasteiger charge is -2.05. The molecule has 0 fully saturated rings. The molecule has 1 heterocycles. The Balaban J connectivity index is 2.81. The van der Waals surface area contributed by atoms with Crippen molar-refractivity contribution in [1.29, 1.82) is 5.26 Å². The summed E-state index contributed by atoms with van der Waals surface area (Å²) in [5, 5.41) is 18.4. The fourth-order valence-electron chi connectivity index (χ4n) is 1.49. The molecule has 4 heteroatoms. The molecule has 1 aromatic carbocycles. The van der Waals surface area contributed by atoms with E-state index in [1.54, 1.807) is 31.2 Å². The molecule has 2 aromatic rings. The lowest BCUT2D eigenvalue weighted by atomic mass is 10.1. The summed E-state index contributed by atoms with van der Waals surface area (Å²) in [6.07, 6.45) is 0.488. The van der Waals surface area contributed by atoms with Crippen LogP contribution in [0.1, 0.15) is 24.2 Å². The van der Waals surface area contributed by atoms with Crippen LogP contribution in [0.2, 0.25) is 0 Å². The summed E-state index contributed by atoms with van der Waals surface area (Å²) in [7, 11) is 0. The number of nitriles is 1. The first-order valence-electron chi connectivity index (χ1n) is 4.77. The molecule has 4 nitrogen and oxygen atoms in total. The van der Waals surface area contributed by atoms with Gasteiger partial charge in [0, 0.05) is 0 Å². The van der Waals surface area contributed by atoms with Crippen LogP contribution < -0.4 is 5.43 Å². The molecule has 0 radical (unpaired) electrons. The normalized spacial score (nSPS) is 12.3. The van der Waals surface area contributed by atoms with Gasteiger partial charge in [0.15, 0.2) is 0 Å². The summed E-state index contributed by atoms with van der Waals surface area (Å²) in [5.41, 5.74) is 0.629. The Labute approximate surface area is 91.4 Å². The second kappa shape index (κ2) is 3.80. The third-order valence-electron chi connectivity index (χ3n) is 2.40. The first-order valence-corrected chi connectivity index (χ1v) is 4.77. The number of aliphatic hydroxyl groups excluding tert-OH is 1. The Morgan fingerprint density at radius 2 is 2.25 bits per heavy atom. The van der Waals surface area contributed by atoms with E-state index >= 15 is 0 Å².